The molecule has 20 heavy (non-hydrogen) atoms. The molecule has 0 atom stereocenters. The first-order valence-corrected chi connectivity index (χ1v) is 7.11. The van der Waals surface area contributed by atoms with E-state index in [2.05, 4.69) is 10.3 Å². The Labute approximate surface area is 121 Å². The van der Waals surface area contributed by atoms with Crippen molar-refractivity contribution in [1.29, 1.82) is 0 Å². The van der Waals surface area contributed by atoms with Gasteiger partial charge in [0.05, 0.1) is 17.0 Å². The fraction of sp³-hybridized carbons (Fsp3) is 0.267. The Morgan fingerprint density at radius 2 is 1.85 bits per heavy atom. The van der Waals surface area contributed by atoms with Gasteiger partial charge in [0, 0.05) is 6.92 Å². The van der Waals surface area contributed by atoms with Crippen molar-refractivity contribution >= 4 is 28.2 Å². The quantitative estimate of drug-likeness (QED) is 0.879. The molecule has 0 radical (unpaired) electrons. The van der Waals surface area contributed by atoms with E-state index in [1.54, 1.807) is 6.92 Å². The summed E-state index contributed by atoms with van der Waals surface area (Å²) >= 11 is 1.22. The van der Waals surface area contributed by atoms with Crippen LogP contribution in [0.4, 0.5) is 5.13 Å². The van der Waals surface area contributed by atoms with Crippen LogP contribution in [0.3, 0.4) is 0 Å². The zero-order valence-electron chi connectivity index (χ0n) is 11.7. The summed E-state index contributed by atoms with van der Waals surface area (Å²) in [6, 6.07) is 7.82. The molecule has 0 unspecified atom stereocenters. The van der Waals surface area contributed by atoms with E-state index in [0.29, 0.717) is 22.1 Å². The second kappa shape index (κ2) is 5.96. The summed E-state index contributed by atoms with van der Waals surface area (Å²) in [4.78, 5) is 28.1. The van der Waals surface area contributed by atoms with Crippen molar-refractivity contribution in [2.24, 2.45) is 0 Å². The first-order valence-electron chi connectivity index (χ1n) is 6.29. The zero-order valence-corrected chi connectivity index (χ0v) is 12.5. The van der Waals surface area contributed by atoms with Crippen LogP contribution in [0.2, 0.25) is 0 Å². The standard InChI is InChI=1S/C15H16N2O2S/c1-9-4-6-12(7-5-9)8-13(19)17-15-16-10(2)14(20-15)11(3)18/h4-7H,8H2,1-3H3,(H,16,17,19). The molecule has 0 spiro atoms. The monoisotopic (exact) mass is 288 g/mol. The predicted octanol–water partition coefficient (Wildman–Crippen LogP) is 3.14. The number of aryl methyl sites for hydroxylation is 2. The average Bonchev–Trinajstić information content (AvgIpc) is 2.73. The van der Waals surface area contributed by atoms with Gasteiger partial charge in [-0.25, -0.2) is 4.98 Å². The van der Waals surface area contributed by atoms with Gasteiger partial charge in [-0.05, 0) is 19.4 Å². The minimum Gasteiger partial charge on any atom is -0.302 e. The lowest BCUT2D eigenvalue weighted by atomic mass is 10.1. The second-order valence-electron chi connectivity index (χ2n) is 4.70. The van der Waals surface area contributed by atoms with E-state index >= 15 is 0 Å². The summed E-state index contributed by atoms with van der Waals surface area (Å²) in [7, 11) is 0. The number of benzene rings is 1. The van der Waals surface area contributed by atoms with Crippen molar-refractivity contribution in [3.05, 3.63) is 46.0 Å². The van der Waals surface area contributed by atoms with E-state index in [-0.39, 0.29) is 11.7 Å². The lowest BCUT2D eigenvalue weighted by Gasteiger charge is -2.02. The van der Waals surface area contributed by atoms with Crippen LogP contribution in [0, 0.1) is 13.8 Å². The number of nitrogens with zero attached hydrogens (tertiary/aromatic N) is 1. The highest BCUT2D eigenvalue weighted by atomic mass is 32.1. The highest BCUT2D eigenvalue weighted by Gasteiger charge is 2.13. The largest absolute Gasteiger partial charge is 0.302 e. The number of ketones is 1. The van der Waals surface area contributed by atoms with Gasteiger partial charge in [-0.2, -0.15) is 0 Å². The number of thiazole rings is 1. The molecule has 0 bridgehead atoms. The first kappa shape index (κ1) is 14.4. The molecule has 1 N–H and O–H groups in total. The van der Waals surface area contributed by atoms with E-state index in [1.165, 1.54) is 18.3 Å². The molecular formula is C15H16N2O2S. The first-order chi connectivity index (χ1) is 9.45. The zero-order chi connectivity index (χ0) is 14.7. The number of anilines is 1. The Morgan fingerprint density at radius 1 is 1.20 bits per heavy atom. The smallest absolute Gasteiger partial charge is 0.230 e. The molecule has 0 aliphatic rings. The van der Waals surface area contributed by atoms with Crippen molar-refractivity contribution in [3.8, 4) is 0 Å². The molecule has 4 nitrogen and oxygen atoms in total. The number of carbonyl (C=O) groups excluding carboxylic acids is 2. The van der Waals surface area contributed by atoms with Gasteiger partial charge >= 0.3 is 0 Å². The van der Waals surface area contributed by atoms with Crippen LogP contribution in [-0.2, 0) is 11.2 Å². The van der Waals surface area contributed by atoms with Gasteiger partial charge in [-0.3, -0.25) is 9.59 Å². The van der Waals surface area contributed by atoms with Crippen molar-refractivity contribution < 1.29 is 9.59 Å². The minimum atomic E-state index is -0.127. The number of rotatable bonds is 4. The maximum Gasteiger partial charge on any atom is 0.230 e. The van der Waals surface area contributed by atoms with Crippen LogP contribution in [-0.4, -0.2) is 16.7 Å². The SMILES string of the molecule is CC(=O)c1sc(NC(=O)Cc2ccc(C)cc2)nc1C. The van der Waals surface area contributed by atoms with Gasteiger partial charge in [0.25, 0.3) is 0 Å². The van der Waals surface area contributed by atoms with Gasteiger partial charge in [0.15, 0.2) is 10.9 Å². The van der Waals surface area contributed by atoms with Gasteiger partial charge < -0.3 is 5.32 Å². The molecule has 0 aliphatic carbocycles. The third-order valence-electron chi connectivity index (χ3n) is 2.85. The molecule has 5 heteroatoms. The number of hydrogen-bond acceptors (Lipinski definition) is 4. The molecule has 1 aromatic carbocycles. The molecule has 0 saturated carbocycles. The van der Waals surface area contributed by atoms with Crippen molar-refractivity contribution in [2.75, 3.05) is 5.32 Å². The normalized spacial score (nSPS) is 10.3. The molecular weight excluding hydrogens is 272 g/mol. The van der Waals surface area contributed by atoms with E-state index in [1.807, 2.05) is 31.2 Å². The van der Waals surface area contributed by atoms with Gasteiger partial charge in [0.1, 0.15) is 0 Å². The highest BCUT2D eigenvalue weighted by molar-refractivity contribution is 7.17. The molecule has 2 aromatic rings. The molecule has 1 aromatic heterocycles. The lowest BCUT2D eigenvalue weighted by Crippen LogP contribution is -2.14. The van der Waals surface area contributed by atoms with Crippen LogP contribution in [0.5, 0.6) is 0 Å². The Balaban J connectivity index is 2.03. The topological polar surface area (TPSA) is 59.1 Å². The summed E-state index contributed by atoms with van der Waals surface area (Å²) in [5, 5.41) is 3.21. The summed E-state index contributed by atoms with van der Waals surface area (Å²) < 4.78 is 0. The van der Waals surface area contributed by atoms with E-state index in [9.17, 15) is 9.59 Å². The van der Waals surface area contributed by atoms with Crippen molar-refractivity contribution in [3.63, 3.8) is 0 Å². The molecule has 0 aliphatic heterocycles. The Kier molecular flexibility index (Phi) is 4.29. The van der Waals surface area contributed by atoms with E-state index in [0.717, 1.165) is 11.1 Å². The number of carbonyl (C=O) groups is 2. The lowest BCUT2D eigenvalue weighted by molar-refractivity contribution is -0.115. The minimum absolute atomic E-state index is 0.0287. The van der Waals surface area contributed by atoms with Crippen molar-refractivity contribution in [1.82, 2.24) is 4.98 Å². The molecule has 0 fully saturated rings. The summed E-state index contributed by atoms with van der Waals surface area (Å²) in [5.41, 5.74) is 2.78. The maximum atomic E-state index is 11.9. The third kappa shape index (κ3) is 3.51. The van der Waals surface area contributed by atoms with Crippen LogP contribution in [0.15, 0.2) is 24.3 Å². The predicted molar refractivity (Wildman–Crippen MR) is 80.4 cm³/mol. The summed E-state index contributed by atoms with van der Waals surface area (Å²) in [6.45, 7) is 5.27. The molecule has 104 valence electrons. The van der Waals surface area contributed by atoms with Crippen LogP contribution < -0.4 is 5.32 Å². The van der Waals surface area contributed by atoms with Gasteiger partial charge in [-0.1, -0.05) is 41.2 Å². The van der Waals surface area contributed by atoms with E-state index < -0.39 is 0 Å². The molecule has 1 heterocycles. The maximum absolute atomic E-state index is 11.9. The number of aromatic nitrogens is 1. The Hall–Kier alpha value is -2.01. The number of hydrogen-bond donors (Lipinski definition) is 1. The number of Topliss-reactive ketones (excluding diaryl/α,β-unsaturated/α-hetero) is 1. The second-order valence-corrected chi connectivity index (χ2v) is 5.70. The average molecular weight is 288 g/mol. The van der Waals surface area contributed by atoms with E-state index in [4.69, 9.17) is 0 Å². The fourth-order valence-electron chi connectivity index (χ4n) is 1.83. The Morgan fingerprint density at radius 3 is 2.40 bits per heavy atom. The Bertz CT molecular complexity index is 644. The molecule has 2 rings (SSSR count). The fourth-order valence-corrected chi connectivity index (χ4v) is 2.71. The number of amides is 1. The third-order valence-corrected chi connectivity index (χ3v) is 4.02. The summed E-state index contributed by atoms with van der Waals surface area (Å²) in [5.74, 6) is -0.156. The number of nitrogens with one attached hydrogen (secondary N) is 1. The molecule has 0 saturated heterocycles. The van der Waals surface area contributed by atoms with Crippen LogP contribution in [0.25, 0.3) is 0 Å². The van der Waals surface area contributed by atoms with Crippen LogP contribution >= 0.6 is 11.3 Å². The highest BCUT2D eigenvalue weighted by Crippen LogP contribution is 2.23. The molecule has 1 amide bonds. The van der Waals surface area contributed by atoms with Crippen LogP contribution in [0.1, 0.15) is 33.4 Å². The summed E-state index contributed by atoms with van der Waals surface area (Å²) in [6.07, 6.45) is 0.300. The van der Waals surface area contributed by atoms with Gasteiger partial charge in [0.2, 0.25) is 5.91 Å². The van der Waals surface area contributed by atoms with Gasteiger partial charge in [-0.15, -0.1) is 0 Å². The van der Waals surface area contributed by atoms with Crippen molar-refractivity contribution in [2.45, 2.75) is 27.2 Å².